The normalized spacial score (nSPS) is 20.2. The number of carbonyl (C=O) groups excluding carboxylic acids is 1. The molecular weight excluding hydrogens is 336 g/mol. The lowest BCUT2D eigenvalue weighted by Crippen LogP contribution is -2.40. The van der Waals surface area contributed by atoms with Crippen molar-refractivity contribution in [2.45, 2.75) is 26.9 Å². The molecule has 1 aliphatic heterocycles. The first-order valence-electron chi connectivity index (χ1n) is 7.78. The fraction of sp³-hybridized carbons (Fsp3) is 0.529. The number of hydrogen-bond donors (Lipinski definition) is 1. The van der Waals surface area contributed by atoms with Gasteiger partial charge in [0.25, 0.3) is 5.91 Å². The molecule has 1 heterocycles. The van der Waals surface area contributed by atoms with E-state index in [1.807, 2.05) is 0 Å². The Hall–Kier alpha value is -2.22. The minimum atomic E-state index is -2.94. The summed E-state index contributed by atoms with van der Waals surface area (Å²) in [5.74, 6) is -1.29. The van der Waals surface area contributed by atoms with E-state index in [-0.39, 0.29) is 24.8 Å². The highest BCUT2D eigenvalue weighted by molar-refractivity contribution is 5.95. The topological polar surface area (TPSA) is 76.1 Å². The van der Waals surface area contributed by atoms with E-state index in [9.17, 15) is 23.5 Å². The lowest BCUT2D eigenvalue weighted by Gasteiger charge is -2.24. The van der Waals surface area contributed by atoms with Gasteiger partial charge < -0.3 is 19.5 Å². The lowest BCUT2D eigenvalue weighted by molar-refractivity contribution is -0.151. The van der Waals surface area contributed by atoms with Gasteiger partial charge >= 0.3 is 12.6 Å². The Balaban J connectivity index is 2.23. The van der Waals surface area contributed by atoms with Crippen LogP contribution < -0.4 is 4.74 Å². The second-order valence-corrected chi connectivity index (χ2v) is 6.31. The quantitative estimate of drug-likeness (QED) is 0.846. The van der Waals surface area contributed by atoms with Crippen molar-refractivity contribution in [1.82, 2.24) is 4.90 Å². The van der Waals surface area contributed by atoms with Crippen molar-refractivity contribution in [1.29, 1.82) is 0 Å². The Morgan fingerprint density at radius 1 is 1.32 bits per heavy atom. The van der Waals surface area contributed by atoms with Crippen molar-refractivity contribution < 1.29 is 33.0 Å². The molecule has 2 rings (SSSR count). The highest BCUT2D eigenvalue weighted by atomic mass is 19.3. The minimum absolute atomic E-state index is 0.0192. The van der Waals surface area contributed by atoms with E-state index < -0.39 is 18.0 Å². The zero-order chi connectivity index (χ0) is 18.8. The molecule has 1 atom stereocenters. The summed E-state index contributed by atoms with van der Waals surface area (Å²) in [6.45, 7) is 0.577. The second-order valence-electron chi connectivity index (χ2n) is 6.31. The summed E-state index contributed by atoms with van der Waals surface area (Å²) in [6.07, 6.45) is 0.298. The van der Waals surface area contributed by atoms with Gasteiger partial charge in [0.15, 0.2) is 0 Å². The third-order valence-corrected chi connectivity index (χ3v) is 4.43. The maximum absolute atomic E-state index is 12.7. The van der Waals surface area contributed by atoms with Crippen LogP contribution in [0, 0.1) is 19.3 Å². The lowest BCUT2D eigenvalue weighted by atomic mass is 9.88. The van der Waals surface area contributed by atoms with Gasteiger partial charge in [-0.2, -0.15) is 8.78 Å². The highest BCUT2D eigenvalue weighted by Gasteiger charge is 2.46. The predicted octanol–water partition coefficient (Wildman–Crippen LogP) is 2.47. The molecule has 6 nitrogen and oxygen atoms in total. The standard InChI is InChI=1S/C17H21F2NO5/c1-10-6-12(7-11(2)13(10)25-16(18)19)14(21)20-5-4-17(8-20,9-24-3)15(22)23/h6-7,16H,4-5,8-9H2,1-3H3,(H,22,23). The molecule has 0 radical (unpaired) electrons. The zero-order valence-electron chi connectivity index (χ0n) is 14.3. The van der Waals surface area contributed by atoms with Crippen LogP contribution in [0.25, 0.3) is 0 Å². The molecule has 1 unspecified atom stereocenters. The minimum Gasteiger partial charge on any atom is -0.481 e. The molecule has 138 valence electrons. The van der Waals surface area contributed by atoms with E-state index in [1.165, 1.54) is 24.1 Å². The van der Waals surface area contributed by atoms with Gasteiger partial charge in [0.1, 0.15) is 11.2 Å². The molecule has 1 fully saturated rings. The highest BCUT2D eigenvalue weighted by Crippen LogP contribution is 2.33. The number of rotatable bonds is 6. The number of benzene rings is 1. The molecule has 1 aliphatic rings. The third kappa shape index (κ3) is 3.89. The van der Waals surface area contributed by atoms with Gasteiger partial charge in [0, 0.05) is 25.8 Å². The van der Waals surface area contributed by atoms with Crippen LogP contribution in [0.1, 0.15) is 27.9 Å². The molecule has 25 heavy (non-hydrogen) atoms. The number of methoxy groups -OCH3 is 1. The summed E-state index contributed by atoms with van der Waals surface area (Å²) in [7, 11) is 1.42. The first-order chi connectivity index (χ1) is 11.7. The molecule has 0 saturated carbocycles. The van der Waals surface area contributed by atoms with Crippen molar-refractivity contribution in [3.05, 3.63) is 28.8 Å². The van der Waals surface area contributed by atoms with E-state index in [0.29, 0.717) is 29.7 Å². The van der Waals surface area contributed by atoms with Gasteiger partial charge in [-0.05, 0) is 43.5 Å². The van der Waals surface area contributed by atoms with Crippen LogP contribution in [0.4, 0.5) is 8.78 Å². The zero-order valence-corrected chi connectivity index (χ0v) is 14.3. The van der Waals surface area contributed by atoms with Crippen LogP contribution in [0.5, 0.6) is 5.75 Å². The van der Waals surface area contributed by atoms with Crippen LogP contribution in [0.3, 0.4) is 0 Å². The monoisotopic (exact) mass is 357 g/mol. The van der Waals surface area contributed by atoms with Crippen molar-refractivity contribution in [3.8, 4) is 5.75 Å². The summed E-state index contributed by atoms with van der Waals surface area (Å²) in [4.78, 5) is 25.7. The molecule has 1 amide bonds. The van der Waals surface area contributed by atoms with E-state index in [0.717, 1.165) is 0 Å². The predicted molar refractivity (Wildman–Crippen MR) is 85.0 cm³/mol. The number of alkyl halides is 2. The van der Waals surface area contributed by atoms with Gasteiger partial charge in [-0.3, -0.25) is 9.59 Å². The van der Waals surface area contributed by atoms with Crippen LogP contribution in [-0.4, -0.2) is 55.3 Å². The SMILES string of the molecule is COCC1(C(=O)O)CCN(C(=O)c2cc(C)c(OC(F)F)c(C)c2)C1. The van der Waals surface area contributed by atoms with Crippen molar-refractivity contribution >= 4 is 11.9 Å². The Morgan fingerprint density at radius 3 is 2.40 bits per heavy atom. The molecule has 1 N–H and O–H groups in total. The Labute approximate surface area is 144 Å². The molecule has 0 spiro atoms. The summed E-state index contributed by atoms with van der Waals surface area (Å²) in [5.41, 5.74) is 0.0384. The first kappa shape index (κ1) is 19.1. The molecule has 0 aliphatic carbocycles. The van der Waals surface area contributed by atoms with Gasteiger partial charge in [-0.15, -0.1) is 0 Å². The van der Waals surface area contributed by atoms with Crippen molar-refractivity contribution in [2.24, 2.45) is 5.41 Å². The maximum Gasteiger partial charge on any atom is 0.387 e. The number of ether oxygens (including phenoxy) is 2. The van der Waals surface area contributed by atoms with E-state index in [4.69, 9.17) is 4.74 Å². The van der Waals surface area contributed by atoms with Gasteiger partial charge in [-0.25, -0.2) is 0 Å². The van der Waals surface area contributed by atoms with Crippen LogP contribution in [-0.2, 0) is 9.53 Å². The number of carboxylic acids is 1. The number of aryl methyl sites for hydroxylation is 2. The second kappa shape index (κ2) is 7.35. The Bertz CT molecular complexity index is 656. The van der Waals surface area contributed by atoms with E-state index >= 15 is 0 Å². The number of amides is 1. The molecule has 1 aromatic rings. The third-order valence-electron chi connectivity index (χ3n) is 4.43. The maximum atomic E-state index is 12.7. The number of likely N-dealkylation sites (tertiary alicyclic amines) is 1. The fourth-order valence-electron chi connectivity index (χ4n) is 3.21. The summed E-state index contributed by atoms with van der Waals surface area (Å²) in [6, 6.07) is 2.95. The van der Waals surface area contributed by atoms with E-state index in [1.54, 1.807) is 13.8 Å². The number of carbonyl (C=O) groups is 2. The van der Waals surface area contributed by atoms with Crippen molar-refractivity contribution in [2.75, 3.05) is 26.8 Å². The molecular formula is C17H21F2NO5. The van der Waals surface area contributed by atoms with Gasteiger partial charge in [-0.1, -0.05) is 0 Å². The van der Waals surface area contributed by atoms with Gasteiger partial charge in [0.2, 0.25) is 0 Å². The Kier molecular flexibility index (Phi) is 5.62. The molecule has 1 saturated heterocycles. The number of carboxylic acid groups (broad SMARTS) is 1. The first-order valence-corrected chi connectivity index (χ1v) is 7.78. The molecule has 8 heteroatoms. The number of nitrogens with zero attached hydrogens (tertiary/aromatic N) is 1. The molecule has 1 aromatic carbocycles. The molecule has 0 aromatic heterocycles. The fourth-order valence-corrected chi connectivity index (χ4v) is 3.21. The average Bonchev–Trinajstić information content (AvgIpc) is 2.95. The molecule has 0 bridgehead atoms. The van der Waals surface area contributed by atoms with Crippen LogP contribution in [0.15, 0.2) is 12.1 Å². The summed E-state index contributed by atoms with van der Waals surface area (Å²) in [5, 5.41) is 9.47. The van der Waals surface area contributed by atoms with E-state index in [2.05, 4.69) is 4.74 Å². The largest absolute Gasteiger partial charge is 0.481 e. The number of aliphatic carboxylic acids is 1. The summed E-state index contributed by atoms with van der Waals surface area (Å²) >= 11 is 0. The van der Waals surface area contributed by atoms with Gasteiger partial charge in [0.05, 0.1) is 6.61 Å². The number of halogens is 2. The van der Waals surface area contributed by atoms with Crippen molar-refractivity contribution in [3.63, 3.8) is 0 Å². The van der Waals surface area contributed by atoms with Crippen LogP contribution >= 0.6 is 0 Å². The van der Waals surface area contributed by atoms with Crippen LogP contribution in [0.2, 0.25) is 0 Å². The number of hydrogen-bond acceptors (Lipinski definition) is 4. The smallest absolute Gasteiger partial charge is 0.387 e. The average molecular weight is 357 g/mol. The Morgan fingerprint density at radius 2 is 1.92 bits per heavy atom. The summed E-state index contributed by atoms with van der Waals surface area (Å²) < 4.78 is 34.4.